The number of halogens is 3. The van der Waals surface area contributed by atoms with Gasteiger partial charge in [0.1, 0.15) is 5.65 Å². The average Bonchev–Trinajstić information content (AvgIpc) is 3.25. The summed E-state index contributed by atoms with van der Waals surface area (Å²) in [7, 11) is 1.62. The molecular formula is C26H21F3N4O. The van der Waals surface area contributed by atoms with Gasteiger partial charge < -0.3 is 9.88 Å². The van der Waals surface area contributed by atoms with Crippen LogP contribution in [0.3, 0.4) is 0 Å². The molecule has 8 heteroatoms. The van der Waals surface area contributed by atoms with Crippen LogP contribution < -0.4 is 0 Å². The molecule has 1 amide bonds. The molecule has 0 saturated carbocycles. The van der Waals surface area contributed by atoms with Gasteiger partial charge in [0.2, 0.25) is 5.91 Å². The van der Waals surface area contributed by atoms with Gasteiger partial charge in [-0.3, -0.25) is 9.78 Å². The molecule has 1 aliphatic heterocycles. The standard InChI is InChI=1S/C26H21F3N4O/c1-33-15-21(19(6-7-24(33)34)20-4-2-3-5-22(20)26(27,28)29)23-13-16(8-10-30-23)18-12-17-9-11-31-25(17)32-14-18/h2-5,8-15,19H,6-7H2,1H3,(H,31,32). The van der Waals surface area contributed by atoms with Crippen LogP contribution in [0.1, 0.15) is 35.6 Å². The number of H-pyrrole nitrogens is 1. The van der Waals surface area contributed by atoms with E-state index >= 15 is 0 Å². The van der Waals surface area contributed by atoms with E-state index in [1.165, 1.54) is 17.0 Å². The number of amides is 1. The Morgan fingerprint density at radius 2 is 1.88 bits per heavy atom. The summed E-state index contributed by atoms with van der Waals surface area (Å²) < 4.78 is 41.6. The van der Waals surface area contributed by atoms with E-state index in [0.717, 1.165) is 28.2 Å². The summed E-state index contributed by atoms with van der Waals surface area (Å²) in [6.45, 7) is 0. The highest BCUT2D eigenvalue weighted by molar-refractivity contribution is 5.85. The van der Waals surface area contributed by atoms with Gasteiger partial charge in [-0.15, -0.1) is 0 Å². The van der Waals surface area contributed by atoms with Crippen LogP contribution in [0.5, 0.6) is 0 Å². The molecule has 1 aromatic carbocycles. The van der Waals surface area contributed by atoms with E-state index in [9.17, 15) is 18.0 Å². The van der Waals surface area contributed by atoms with Crippen molar-refractivity contribution < 1.29 is 18.0 Å². The maximum Gasteiger partial charge on any atom is 0.416 e. The topological polar surface area (TPSA) is 61.9 Å². The Bertz CT molecular complexity index is 1410. The average molecular weight is 462 g/mol. The van der Waals surface area contributed by atoms with E-state index in [1.54, 1.807) is 31.7 Å². The number of hydrogen-bond donors (Lipinski definition) is 1. The molecule has 5 rings (SSSR count). The largest absolute Gasteiger partial charge is 0.416 e. The number of allylic oxidation sites excluding steroid dienone is 1. The number of rotatable bonds is 3. The molecule has 1 aliphatic rings. The first-order chi connectivity index (χ1) is 16.3. The molecule has 5 nitrogen and oxygen atoms in total. The number of nitrogens with zero attached hydrogens (tertiary/aromatic N) is 3. The summed E-state index contributed by atoms with van der Waals surface area (Å²) in [5.74, 6) is -0.789. The second kappa shape index (κ2) is 8.44. The van der Waals surface area contributed by atoms with Crippen molar-refractivity contribution in [3.8, 4) is 11.1 Å². The third-order valence-corrected chi connectivity index (χ3v) is 6.18. The molecule has 1 unspecified atom stereocenters. The van der Waals surface area contributed by atoms with Gasteiger partial charge in [-0.05, 0) is 47.9 Å². The van der Waals surface area contributed by atoms with Crippen molar-refractivity contribution in [2.24, 2.45) is 0 Å². The van der Waals surface area contributed by atoms with Crippen molar-refractivity contribution in [1.82, 2.24) is 19.9 Å². The van der Waals surface area contributed by atoms with Crippen molar-refractivity contribution in [3.05, 3.63) is 90.1 Å². The molecule has 0 fully saturated rings. The van der Waals surface area contributed by atoms with E-state index in [1.807, 2.05) is 30.5 Å². The first-order valence-electron chi connectivity index (χ1n) is 10.8. The minimum absolute atomic E-state index is 0.140. The Morgan fingerprint density at radius 3 is 2.71 bits per heavy atom. The van der Waals surface area contributed by atoms with E-state index < -0.39 is 17.7 Å². The Morgan fingerprint density at radius 1 is 1.06 bits per heavy atom. The lowest BCUT2D eigenvalue weighted by Crippen LogP contribution is -2.19. The zero-order valence-electron chi connectivity index (χ0n) is 18.3. The molecular weight excluding hydrogens is 441 g/mol. The van der Waals surface area contributed by atoms with Crippen LogP contribution in [0, 0.1) is 0 Å². The Labute approximate surface area is 194 Å². The van der Waals surface area contributed by atoms with Crippen LogP contribution in [0.4, 0.5) is 13.2 Å². The number of aromatic nitrogens is 3. The van der Waals surface area contributed by atoms with Crippen LogP contribution in [0.2, 0.25) is 0 Å². The highest BCUT2D eigenvalue weighted by Crippen LogP contribution is 2.43. The number of carbonyl (C=O) groups is 1. The smallest absolute Gasteiger partial charge is 0.346 e. The minimum atomic E-state index is -4.50. The predicted octanol–water partition coefficient (Wildman–Crippen LogP) is 6.02. The predicted molar refractivity (Wildman–Crippen MR) is 123 cm³/mol. The van der Waals surface area contributed by atoms with E-state index in [0.29, 0.717) is 11.3 Å². The number of fused-ring (bicyclic) bond motifs is 1. The van der Waals surface area contributed by atoms with Crippen LogP contribution >= 0.6 is 0 Å². The molecule has 1 atom stereocenters. The quantitative estimate of drug-likeness (QED) is 0.405. The molecule has 34 heavy (non-hydrogen) atoms. The molecule has 0 bridgehead atoms. The molecule has 0 radical (unpaired) electrons. The summed E-state index contributed by atoms with van der Waals surface area (Å²) in [6.07, 6.45) is 2.69. The van der Waals surface area contributed by atoms with Gasteiger partial charge in [-0.1, -0.05) is 18.2 Å². The molecule has 3 aromatic heterocycles. The van der Waals surface area contributed by atoms with Crippen molar-refractivity contribution in [2.75, 3.05) is 7.05 Å². The van der Waals surface area contributed by atoms with E-state index in [-0.39, 0.29) is 24.3 Å². The SMILES string of the molecule is CN1C=C(c2cc(-c3cnc4[nH]ccc4c3)ccn2)C(c2ccccc2C(F)(F)F)CCC1=O. The zero-order valence-corrected chi connectivity index (χ0v) is 18.3. The first-order valence-corrected chi connectivity index (χ1v) is 10.8. The lowest BCUT2D eigenvalue weighted by molar-refractivity contribution is -0.138. The van der Waals surface area contributed by atoms with Gasteiger partial charge >= 0.3 is 6.18 Å². The highest BCUT2D eigenvalue weighted by atomic mass is 19.4. The molecule has 4 aromatic rings. The molecule has 0 saturated heterocycles. The maximum atomic E-state index is 13.9. The Hall–Kier alpha value is -3.94. The normalized spacial score (nSPS) is 17.1. The first kappa shape index (κ1) is 21.9. The number of aromatic amines is 1. The second-order valence-electron chi connectivity index (χ2n) is 8.33. The number of hydrogen-bond acceptors (Lipinski definition) is 3. The number of carbonyl (C=O) groups excluding carboxylic acids is 1. The summed E-state index contributed by atoms with van der Waals surface area (Å²) in [5.41, 5.74) is 3.02. The lowest BCUT2D eigenvalue weighted by Gasteiger charge is -2.23. The molecule has 4 heterocycles. The second-order valence-corrected chi connectivity index (χ2v) is 8.33. The van der Waals surface area contributed by atoms with E-state index in [4.69, 9.17) is 0 Å². The van der Waals surface area contributed by atoms with E-state index in [2.05, 4.69) is 15.0 Å². The zero-order chi connectivity index (χ0) is 23.9. The maximum absolute atomic E-state index is 13.9. The van der Waals surface area contributed by atoms with Gasteiger partial charge in [-0.2, -0.15) is 13.2 Å². The lowest BCUT2D eigenvalue weighted by atomic mass is 9.83. The summed E-state index contributed by atoms with van der Waals surface area (Å²) in [5, 5.41) is 0.951. The third-order valence-electron chi connectivity index (χ3n) is 6.18. The molecule has 0 spiro atoms. The fraction of sp³-hybridized carbons (Fsp3) is 0.192. The molecule has 1 N–H and O–H groups in total. The molecule has 172 valence electrons. The van der Waals surface area contributed by atoms with Crippen LogP contribution in [0.25, 0.3) is 27.7 Å². The molecule has 0 aliphatic carbocycles. The summed E-state index contributed by atoms with van der Waals surface area (Å²) in [4.78, 5) is 25.9. The van der Waals surface area contributed by atoms with Crippen molar-refractivity contribution in [2.45, 2.75) is 24.9 Å². The number of pyridine rings is 2. The number of alkyl halides is 3. The number of nitrogens with one attached hydrogen (secondary N) is 1. The van der Waals surface area contributed by atoms with Gasteiger partial charge in [0.05, 0.1) is 11.3 Å². The summed E-state index contributed by atoms with van der Waals surface area (Å²) in [6, 6.07) is 13.2. The van der Waals surface area contributed by atoms with Gasteiger partial charge in [-0.25, -0.2) is 4.98 Å². The van der Waals surface area contributed by atoms with Gasteiger partial charge in [0.25, 0.3) is 0 Å². The Balaban J connectivity index is 1.63. The third kappa shape index (κ3) is 4.07. The minimum Gasteiger partial charge on any atom is -0.346 e. The fourth-order valence-electron chi connectivity index (χ4n) is 4.46. The van der Waals surface area contributed by atoms with Crippen LogP contribution in [-0.2, 0) is 11.0 Å². The van der Waals surface area contributed by atoms with Crippen LogP contribution in [-0.4, -0.2) is 32.8 Å². The highest BCUT2D eigenvalue weighted by Gasteiger charge is 2.37. The van der Waals surface area contributed by atoms with Crippen molar-refractivity contribution in [3.63, 3.8) is 0 Å². The van der Waals surface area contributed by atoms with Gasteiger partial charge in [0, 0.05) is 60.7 Å². The Kier molecular flexibility index (Phi) is 5.43. The van der Waals surface area contributed by atoms with Crippen molar-refractivity contribution in [1.29, 1.82) is 0 Å². The number of benzene rings is 1. The fourth-order valence-corrected chi connectivity index (χ4v) is 4.46. The summed E-state index contributed by atoms with van der Waals surface area (Å²) >= 11 is 0. The van der Waals surface area contributed by atoms with Gasteiger partial charge in [0.15, 0.2) is 0 Å². The van der Waals surface area contributed by atoms with Crippen LogP contribution in [0.15, 0.2) is 73.3 Å². The monoisotopic (exact) mass is 462 g/mol. The van der Waals surface area contributed by atoms with Crippen molar-refractivity contribution >= 4 is 22.5 Å².